The van der Waals surface area contributed by atoms with Crippen LogP contribution in [0.4, 0.5) is 5.69 Å². The van der Waals surface area contributed by atoms with Gasteiger partial charge in [-0.05, 0) is 39.8 Å². The maximum atomic E-state index is 12.6. The van der Waals surface area contributed by atoms with Gasteiger partial charge in [0.15, 0.2) is 0 Å². The summed E-state index contributed by atoms with van der Waals surface area (Å²) in [6, 6.07) is 6.86. The molecule has 142 valence electrons. The van der Waals surface area contributed by atoms with E-state index in [0.29, 0.717) is 29.9 Å². The first-order valence-electron chi connectivity index (χ1n) is 8.19. The Hall–Kier alpha value is -2.38. The van der Waals surface area contributed by atoms with Gasteiger partial charge >= 0.3 is 0 Å². The SMILES string of the molecule is Cc1c(C(=O)Nc2ccccc2C(=O)NCCN)cnn1C(C)(C)C.Cl. The highest BCUT2D eigenvalue weighted by Crippen LogP contribution is 2.21. The van der Waals surface area contributed by atoms with E-state index < -0.39 is 0 Å². The summed E-state index contributed by atoms with van der Waals surface area (Å²) in [5, 5.41) is 9.82. The number of rotatable bonds is 5. The predicted octanol–water partition coefficient (Wildman–Crippen LogP) is 2.31. The van der Waals surface area contributed by atoms with Crippen LogP contribution in [0, 0.1) is 6.92 Å². The van der Waals surface area contributed by atoms with Crippen molar-refractivity contribution in [3.63, 3.8) is 0 Å². The van der Waals surface area contributed by atoms with Gasteiger partial charge in [0.2, 0.25) is 0 Å². The number of aromatic nitrogens is 2. The van der Waals surface area contributed by atoms with Crippen molar-refractivity contribution in [2.24, 2.45) is 5.73 Å². The molecule has 0 aliphatic carbocycles. The minimum atomic E-state index is -0.299. The van der Waals surface area contributed by atoms with E-state index in [1.54, 1.807) is 30.5 Å². The minimum Gasteiger partial charge on any atom is -0.351 e. The second kappa shape index (κ2) is 8.82. The fourth-order valence-corrected chi connectivity index (χ4v) is 2.57. The van der Waals surface area contributed by atoms with E-state index >= 15 is 0 Å². The Bertz CT molecular complexity index is 780. The molecule has 8 heteroatoms. The summed E-state index contributed by atoms with van der Waals surface area (Å²) in [5.74, 6) is -0.574. The molecule has 2 aromatic rings. The summed E-state index contributed by atoms with van der Waals surface area (Å²) in [5.41, 5.74) is 7.29. The predicted molar refractivity (Wildman–Crippen MR) is 105 cm³/mol. The van der Waals surface area contributed by atoms with Gasteiger partial charge in [0, 0.05) is 18.8 Å². The molecule has 2 amide bonds. The maximum Gasteiger partial charge on any atom is 0.259 e. The van der Waals surface area contributed by atoms with Gasteiger partial charge in [-0.1, -0.05) is 12.1 Å². The van der Waals surface area contributed by atoms with Crippen molar-refractivity contribution in [2.45, 2.75) is 33.2 Å². The Morgan fingerprint density at radius 2 is 1.81 bits per heavy atom. The molecule has 4 N–H and O–H groups in total. The third-order valence-corrected chi connectivity index (χ3v) is 3.74. The van der Waals surface area contributed by atoms with E-state index in [1.807, 2.05) is 32.4 Å². The number of benzene rings is 1. The number of halogens is 1. The van der Waals surface area contributed by atoms with Crippen LogP contribution in [-0.2, 0) is 5.54 Å². The van der Waals surface area contributed by atoms with Crippen LogP contribution >= 0.6 is 12.4 Å². The first-order chi connectivity index (χ1) is 11.8. The second-order valence-corrected chi connectivity index (χ2v) is 6.77. The molecule has 7 nitrogen and oxygen atoms in total. The Morgan fingerprint density at radius 3 is 2.38 bits per heavy atom. The summed E-state index contributed by atoms with van der Waals surface area (Å²) in [6.45, 7) is 8.64. The Kier molecular flexibility index (Phi) is 7.35. The lowest BCUT2D eigenvalue weighted by molar-refractivity contribution is 0.0955. The summed E-state index contributed by atoms with van der Waals surface area (Å²) >= 11 is 0. The quantitative estimate of drug-likeness (QED) is 0.741. The molecule has 0 aliphatic rings. The van der Waals surface area contributed by atoms with Crippen molar-refractivity contribution in [3.8, 4) is 0 Å². The second-order valence-electron chi connectivity index (χ2n) is 6.77. The lowest BCUT2D eigenvalue weighted by atomic mass is 10.1. The highest BCUT2D eigenvalue weighted by molar-refractivity contribution is 6.09. The smallest absolute Gasteiger partial charge is 0.259 e. The number of hydrogen-bond donors (Lipinski definition) is 3. The summed E-state index contributed by atoms with van der Waals surface area (Å²) in [6.07, 6.45) is 1.55. The molecule has 2 rings (SSSR count). The number of carbonyl (C=O) groups is 2. The molecule has 1 aromatic carbocycles. The summed E-state index contributed by atoms with van der Waals surface area (Å²) < 4.78 is 1.81. The summed E-state index contributed by atoms with van der Waals surface area (Å²) in [7, 11) is 0. The highest BCUT2D eigenvalue weighted by atomic mass is 35.5. The minimum absolute atomic E-state index is 0. The normalized spacial score (nSPS) is 10.8. The first-order valence-corrected chi connectivity index (χ1v) is 8.19. The van der Waals surface area contributed by atoms with Crippen LogP contribution in [0.25, 0.3) is 0 Å². The van der Waals surface area contributed by atoms with Crippen LogP contribution in [0.15, 0.2) is 30.5 Å². The van der Waals surface area contributed by atoms with Gasteiger partial charge in [-0.25, -0.2) is 0 Å². The van der Waals surface area contributed by atoms with Gasteiger partial charge < -0.3 is 16.4 Å². The van der Waals surface area contributed by atoms with Crippen molar-refractivity contribution in [3.05, 3.63) is 47.3 Å². The van der Waals surface area contributed by atoms with E-state index in [4.69, 9.17) is 5.73 Å². The molecule has 0 spiro atoms. The Morgan fingerprint density at radius 1 is 1.15 bits per heavy atom. The van der Waals surface area contributed by atoms with Gasteiger partial charge in [0.05, 0.1) is 28.6 Å². The molecule has 26 heavy (non-hydrogen) atoms. The zero-order valence-corrected chi connectivity index (χ0v) is 16.3. The lowest BCUT2D eigenvalue weighted by Gasteiger charge is -2.21. The first kappa shape index (κ1) is 21.7. The van der Waals surface area contributed by atoms with Crippen molar-refractivity contribution in [2.75, 3.05) is 18.4 Å². The van der Waals surface area contributed by atoms with Gasteiger partial charge in [-0.3, -0.25) is 14.3 Å². The van der Waals surface area contributed by atoms with Crippen LogP contribution in [0.5, 0.6) is 0 Å². The van der Waals surface area contributed by atoms with Crippen molar-refractivity contribution >= 4 is 29.9 Å². The zero-order valence-electron chi connectivity index (χ0n) is 15.5. The fraction of sp³-hybridized carbons (Fsp3) is 0.389. The third kappa shape index (κ3) is 4.83. The van der Waals surface area contributed by atoms with Crippen LogP contribution in [-0.4, -0.2) is 34.7 Å². The molecule has 0 atom stereocenters. The molecular formula is C18H26ClN5O2. The van der Waals surface area contributed by atoms with Crippen LogP contribution < -0.4 is 16.4 Å². The fourth-order valence-electron chi connectivity index (χ4n) is 2.57. The largest absolute Gasteiger partial charge is 0.351 e. The number of nitrogens with zero attached hydrogens (tertiary/aromatic N) is 2. The van der Waals surface area contributed by atoms with Crippen molar-refractivity contribution in [1.29, 1.82) is 0 Å². The number of para-hydroxylation sites is 1. The standard InChI is InChI=1S/C18H25N5O2.ClH/c1-12-14(11-21-23(12)18(2,3)4)17(25)22-15-8-6-5-7-13(15)16(24)20-10-9-19;/h5-8,11H,9-10,19H2,1-4H3,(H,20,24)(H,22,25);1H. The van der Waals surface area contributed by atoms with E-state index in [2.05, 4.69) is 15.7 Å². The lowest BCUT2D eigenvalue weighted by Crippen LogP contribution is -2.30. The number of nitrogens with two attached hydrogens (primary N) is 1. The summed E-state index contributed by atoms with van der Waals surface area (Å²) in [4.78, 5) is 24.9. The molecule has 0 bridgehead atoms. The molecule has 1 aromatic heterocycles. The molecule has 0 radical (unpaired) electrons. The number of anilines is 1. The molecule has 0 saturated heterocycles. The molecule has 0 unspecified atom stereocenters. The zero-order chi connectivity index (χ0) is 18.6. The maximum absolute atomic E-state index is 12.6. The number of amides is 2. The molecule has 0 aliphatic heterocycles. The van der Waals surface area contributed by atoms with Gasteiger partial charge in [-0.2, -0.15) is 5.10 Å². The monoisotopic (exact) mass is 379 g/mol. The van der Waals surface area contributed by atoms with Crippen LogP contribution in [0.2, 0.25) is 0 Å². The Labute approximate surface area is 159 Å². The number of carbonyl (C=O) groups excluding carboxylic acids is 2. The van der Waals surface area contributed by atoms with Crippen LogP contribution in [0.3, 0.4) is 0 Å². The van der Waals surface area contributed by atoms with E-state index in [1.165, 1.54) is 0 Å². The van der Waals surface area contributed by atoms with Gasteiger partial charge in [0.25, 0.3) is 11.8 Å². The van der Waals surface area contributed by atoms with Gasteiger partial charge in [0.1, 0.15) is 0 Å². The van der Waals surface area contributed by atoms with Gasteiger partial charge in [-0.15, -0.1) is 12.4 Å². The average molecular weight is 380 g/mol. The number of nitrogens with one attached hydrogen (secondary N) is 2. The topological polar surface area (TPSA) is 102 Å². The molecule has 1 heterocycles. The van der Waals surface area contributed by atoms with Crippen LogP contribution in [0.1, 0.15) is 47.2 Å². The Balaban J connectivity index is 0.00000338. The molecule has 0 fully saturated rings. The van der Waals surface area contributed by atoms with Crippen molar-refractivity contribution in [1.82, 2.24) is 15.1 Å². The molecular weight excluding hydrogens is 354 g/mol. The third-order valence-electron chi connectivity index (χ3n) is 3.74. The molecule has 0 saturated carbocycles. The number of hydrogen-bond acceptors (Lipinski definition) is 4. The van der Waals surface area contributed by atoms with E-state index in [0.717, 1.165) is 5.69 Å². The highest BCUT2D eigenvalue weighted by Gasteiger charge is 2.22. The average Bonchev–Trinajstić information content (AvgIpc) is 2.95. The van der Waals surface area contributed by atoms with E-state index in [9.17, 15) is 9.59 Å². The van der Waals surface area contributed by atoms with E-state index in [-0.39, 0.29) is 29.8 Å². The van der Waals surface area contributed by atoms with Crippen molar-refractivity contribution < 1.29 is 9.59 Å².